The number of benzene rings is 2. The average molecular weight is 409 g/mol. The normalized spacial score (nSPS) is 11.8. The maximum Gasteiger partial charge on any atom is 0.263 e. The summed E-state index contributed by atoms with van der Waals surface area (Å²) >= 11 is 0. The second-order valence-corrected chi connectivity index (χ2v) is 7.22. The van der Waals surface area contributed by atoms with E-state index in [1.807, 2.05) is 63.2 Å². The fourth-order valence-electron chi connectivity index (χ4n) is 3.12. The molecule has 7 heteroatoms. The summed E-state index contributed by atoms with van der Waals surface area (Å²) in [5.41, 5.74) is 2.94. The van der Waals surface area contributed by atoms with E-state index in [1.54, 1.807) is 19.1 Å². The molecule has 158 valence electrons. The van der Waals surface area contributed by atoms with Crippen LogP contribution in [0.15, 0.2) is 47.0 Å². The van der Waals surface area contributed by atoms with Crippen molar-refractivity contribution in [3.05, 3.63) is 59.5 Å². The molecule has 0 aliphatic heterocycles. The molecule has 0 N–H and O–H groups in total. The van der Waals surface area contributed by atoms with Crippen LogP contribution in [0, 0.1) is 13.8 Å². The Morgan fingerprint density at radius 1 is 1.20 bits per heavy atom. The van der Waals surface area contributed by atoms with Gasteiger partial charge in [-0.2, -0.15) is 4.98 Å². The van der Waals surface area contributed by atoms with Crippen molar-refractivity contribution in [2.75, 3.05) is 14.2 Å². The third-order valence-electron chi connectivity index (χ3n) is 4.79. The Hall–Kier alpha value is -3.35. The molecule has 0 saturated carbocycles. The van der Waals surface area contributed by atoms with Gasteiger partial charge in [-0.15, -0.1) is 0 Å². The van der Waals surface area contributed by atoms with E-state index in [0.717, 1.165) is 16.7 Å². The Labute approximate surface area is 176 Å². The summed E-state index contributed by atoms with van der Waals surface area (Å²) in [6, 6.07) is 13.3. The molecule has 1 heterocycles. The summed E-state index contributed by atoms with van der Waals surface area (Å²) in [5, 5.41) is 4.02. The van der Waals surface area contributed by atoms with Crippen LogP contribution in [0.5, 0.6) is 11.5 Å². The number of ether oxygens (including phenoxy) is 2. The zero-order chi connectivity index (χ0) is 21.7. The van der Waals surface area contributed by atoms with Crippen molar-refractivity contribution < 1.29 is 18.8 Å². The summed E-state index contributed by atoms with van der Waals surface area (Å²) in [6.45, 7) is 6.12. The lowest BCUT2D eigenvalue weighted by Crippen LogP contribution is -2.39. The molecule has 0 bridgehead atoms. The predicted octanol–water partition coefficient (Wildman–Crippen LogP) is 4.18. The van der Waals surface area contributed by atoms with Gasteiger partial charge in [0.25, 0.3) is 5.91 Å². The van der Waals surface area contributed by atoms with Crippen LogP contribution in [-0.2, 0) is 11.3 Å². The van der Waals surface area contributed by atoms with E-state index in [2.05, 4.69) is 10.1 Å². The maximum atomic E-state index is 12.9. The molecule has 3 rings (SSSR count). The van der Waals surface area contributed by atoms with E-state index in [4.69, 9.17) is 14.0 Å². The summed E-state index contributed by atoms with van der Waals surface area (Å²) in [6.07, 6.45) is -0.0350. The van der Waals surface area contributed by atoms with Gasteiger partial charge < -0.3 is 18.9 Å². The third-order valence-corrected chi connectivity index (χ3v) is 4.79. The first kappa shape index (κ1) is 21.4. The highest BCUT2D eigenvalue weighted by atomic mass is 16.5. The first-order chi connectivity index (χ1) is 14.4. The molecule has 0 spiro atoms. The molecule has 30 heavy (non-hydrogen) atoms. The standard InChI is InChI=1S/C23H27N3O4/c1-6-19(29-20-11-10-15(2)12-16(20)3)23(27)26(4)14-21-24-22(25-30-21)17-8-7-9-18(13-17)28-5/h7-13,19H,6,14H2,1-5H3/t19-/m0/s1. The van der Waals surface area contributed by atoms with Crippen molar-refractivity contribution >= 4 is 5.91 Å². The summed E-state index contributed by atoms with van der Waals surface area (Å²) < 4.78 is 16.6. The fourth-order valence-corrected chi connectivity index (χ4v) is 3.12. The molecule has 1 aromatic heterocycles. The average Bonchev–Trinajstić information content (AvgIpc) is 3.21. The quantitative estimate of drug-likeness (QED) is 0.555. The second kappa shape index (κ2) is 9.43. The molecule has 0 aliphatic rings. The van der Waals surface area contributed by atoms with Crippen molar-refractivity contribution in [3.63, 3.8) is 0 Å². The van der Waals surface area contributed by atoms with Gasteiger partial charge in [0.2, 0.25) is 11.7 Å². The van der Waals surface area contributed by atoms with Gasteiger partial charge in [-0.25, -0.2) is 0 Å². The first-order valence-corrected chi connectivity index (χ1v) is 9.87. The monoisotopic (exact) mass is 409 g/mol. The van der Waals surface area contributed by atoms with Crippen molar-refractivity contribution in [1.82, 2.24) is 15.0 Å². The van der Waals surface area contributed by atoms with Crippen molar-refractivity contribution in [2.45, 2.75) is 39.8 Å². The number of aromatic nitrogens is 2. The zero-order valence-electron chi connectivity index (χ0n) is 18.0. The number of carbonyl (C=O) groups excluding carboxylic acids is 1. The van der Waals surface area contributed by atoms with Gasteiger partial charge in [-0.05, 0) is 44.0 Å². The lowest BCUT2D eigenvalue weighted by Gasteiger charge is -2.23. The van der Waals surface area contributed by atoms with E-state index >= 15 is 0 Å². The second-order valence-electron chi connectivity index (χ2n) is 7.22. The molecule has 0 fully saturated rings. The van der Waals surface area contributed by atoms with Gasteiger partial charge in [0.05, 0.1) is 13.7 Å². The summed E-state index contributed by atoms with van der Waals surface area (Å²) in [5.74, 6) is 2.08. The topological polar surface area (TPSA) is 77.7 Å². The lowest BCUT2D eigenvalue weighted by molar-refractivity contribution is -0.138. The Bertz CT molecular complexity index is 1020. The van der Waals surface area contributed by atoms with Crippen molar-refractivity contribution in [3.8, 4) is 22.9 Å². The van der Waals surface area contributed by atoms with Crippen LogP contribution in [-0.4, -0.2) is 41.2 Å². The summed E-state index contributed by atoms with van der Waals surface area (Å²) in [7, 11) is 3.30. The maximum absolute atomic E-state index is 12.9. The van der Waals surface area contributed by atoms with E-state index in [-0.39, 0.29) is 12.5 Å². The fraction of sp³-hybridized carbons (Fsp3) is 0.348. The van der Waals surface area contributed by atoms with E-state index in [1.165, 1.54) is 0 Å². The molecular formula is C23H27N3O4. The highest BCUT2D eigenvalue weighted by molar-refractivity contribution is 5.81. The molecule has 0 aliphatic carbocycles. The van der Waals surface area contributed by atoms with E-state index < -0.39 is 6.10 Å². The highest BCUT2D eigenvalue weighted by Gasteiger charge is 2.24. The molecule has 3 aromatic rings. The van der Waals surface area contributed by atoms with Gasteiger partial charge in [0, 0.05) is 12.6 Å². The van der Waals surface area contributed by atoms with Crippen LogP contribution in [0.25, 0.3) is 11.4 Å². The van der Waals surface area contributed by atoms with Gasteiger partial charge in [0.1, 0.15) is 11.5 Å². The minimum Gasteiger partial charge on any atom is -0.497 e. The van der Waals surface area contributed by atoms with Crippen LogP contribution < -0.4 is 9.47 Å². The number of rotatable bonds is 8. The zero-order valence-corrected chi connectivity index (χ0v) is 18.0. The number of carbonyl (C=O) groups is 1. The Kier molecular flexibility index (Phi) is 6.72. The van der Waals surface area contributed by atoms with Gasteiger partial charge in [-0.1, -0.05) is 41.9 Å². The van der Waals surface area contributed by atoms with Gasteiger partial charge in [0.15, 0.2) is 6.10 Å². The number of amides is 1. The Morgan fingerprint density at radius 3 is 2.70 bits per heavy atom. The molecule has 0 saturated heterocycles. The number of methoxy groups -OCH3 is 1. The SMILES string of the molecule is CC[C@H](Oc1ccc(C)cc1C)C(=O)N(C)Cc1nc(-c2cccc(OC)c2)no1. The Morgan fingerprint density at radius 2 is 2.00 bits per heavy atom. The number of likely N-dealkylation sites (N-methyl/N-ethyl adjacent to an activating group) is 1. The van der Waals surface area contributed by atoms with Crippen LogP contribution in [0.3, 0.4) is 0 Å². The van der Waals surface area contributed by atoms with Gasteiger partial charge in [-0.3, -0.25) is 4.79 Å². The number of aryl methyl sites for hydroxylation is 2. The predicted molar refractivity (Wildman–Crippen MR) is 113 cm³/mol. The van der Waals surface area contributed by atoms with Crippen molar-refractivity contribution in [2.24, 2.45) is 0 Å². The molecule has 7 nitrogen and oxygen atoms in total. The molecule has 0 unspecified atom stereocenters. The molecular weight excluding hydrogens is 382 g/mol. The number of hydrogen-bond donors (Lipinski definition) is 0. The third kappa shape index (κ3) is 4.97. The summed E-state index contributed by atoms with van der Waals surface area (Å²) in [4.78, 5) is 18.9. The van der Waals surface area contributed by atoms with Crippen LogP contribution in [0.1, 0.15) is 30.4 Å². The molecule has 0 radical (unpaired) electrons. The highest BCUT2D eigenvalue weighted by Crippen LogP contribution is 2.23. The number of nitrogens with zero attached hydrogens (tertiary/aromatic N) is 3. The van der Waals surface area contributed by atoms with E-state index in [0.29, 0.717) is 29.6 Å². The van der Waals surface area contributed by atoms with E-state index in [9.17, 15) is 4.79 Å². The lowest BCUT2D eigenvalue weighted by atomic mass is 10.1. The molecule has 2 aromatic carbocycles. The molecule has 1 amide bonds. The minimum absolute atomic E-state index is 0.140. The van der Waals surface area contributed by atoms with Crippen LogP contribution in [0.2, 0.25) is 0 Å². The Balaban J connectivity index is 1.67. The number of hydrogen-bond acceptors (Lipinski definition) is 6. The minimum atomic E-state index is -0.586. The first-order valence-electron chi connectivity index (χ1n) is 9.87. The largest absolute Gasteiger partial charge is 0.497 e. The van der Waals surface area contributed by atoms with Crippen LogP contribution >= 0.6 is 0 Å². The van der Waals surface area contributed by atoms with Crippen LogP contribution in [0.4, 0.5) is 0 Å². The van der Waals surface area contributed by atoms with Crippen molar-refractivity contribution in [1.29, 1.82) is 0 Å². The van der Waals surface area contributed by atoms with Gasteiger partial charge >= 0.3 is 0 Å². The molecule has 1 atom stereocenters. The smallest absolute Gasteiger partial charge is 0.263 e.